The van der Waals surface area contributed by atoms with Crippen molar-refractivity contribution in [3.05, 3.63) is 72.4 Å². The Morgan fingerprint density at radius 3 is 2.38 bits per heavy atom. The first-order valence-electron chi connectivity index (χ1n) is 11.7. The second kappa shape index (κ2) is 11.5. The predicted molar refractivity (Wildman–Crippen MR) is 140 cm³/mol. The number of nitrogens with one attached hydrogen (secondary N) is 1. The van der Waals surface area contributed by atoms with Crippen LogP contribution in [-0.4, -0.2) is 64.3 Å². The Labute approximate surface area is 225 Å². The van der Waals surface area contributed by atoms with Crippen molar-refractivity contribution in [1.82, 2.24) is 39.4 Å². The molecule has 4 aromatic heterocycles. The Balaban J connectivity index is 1.81. The molecule has 0 radical (unpaired) electrons. The molecule has 2 unspecified atom stereocenters. The minimum absolute atomic E-state index is 0.197. The summed E-state index contributed by atoms with van der Waals surface area (Å²) in [5, 5.41) is 8.58. The maximum atomic E-state index is 11.7. The zero-order valence-electron chi connectivity index (χ0n) is 21.1. The van der Waals surface area contributed by atoms with Crippen molar-refractivity contribution in [2.75, 3.05) is 20.8 Å². The van der Waals surface area contributed by atoms with Gasteiger partial charge in [-0.3, -0.25) is 8.78 Å². The van der Waals surface area contributed by atoms with Gasteiger partial charge in [0.05, 0.1) is 32.0 Å². The minimum Gasteiger partial charge on any atom is -0.760 e. The molecule has 1 N–H and O–H groups in total. The summed E-state index contributed by atoms with van der Waals surface area (Å²) in [6.45, 7) is 2.31. The summed E-state index contributed by atoms with van der Waals surface area (Å²) in [5.74, 6) is 2.03. The number of pyridine rings is 1. The van der Waals surface area contributed by atoms with E-state index in [0.717, 1.165) is 0 Å². The highest BCUT2D eigenvalue weighted by atomic mass is 32.2. The maximum absolute atomic E-state index is 11.7. The molecule has 0 saturated carbocycles. The fraction of sp³-hybridized carbons (Fsp3) is 0.200. The number of benzene rings is 1. The van der Waals surface area contributed by atoms with Gasteiger partial charge in [-0.2, -0.15) is 5.10 Å². The summed E-state index contributed by atoms with van der Waals surface area (Å²) in [7, 11) is 3.10. The first kappa shape index (κ1) is 26.1. The Morgan fingerprint density at radius 2 is 1.72 bits per heavy atom. The van der Waals surface area contributed by atoms with Crippen LogP contribution in [0.2, 0.25) is 0 Å². The van der Waals surface area contributed by atoms with Crippen molar-refractivity contribution < 1.29 is 23.0 Å². The summed E-state index contributed by atoms with van der Waals surface area (Å²) in [5.41, 5.74) is 2.04. The Kier molecular flexibility index (Phi) is 7.67. The van der Waals surface area contributed by atoms with E-state index < -0.39 is 17.3 Å². The number of hydrogen-bond acceptors (Lipinski definition) is 11. The molecule has 0 aliphatic carbocycles. The van der Waals surface area contributed by atoms with Gasteiger partial charge in [0.2, 0.25) is 11.5 Å². The van der Waals surface area contributed by atoms with Crippen LogP contribution < -0.4 is 18.9 Å². The lowest BCUT2D eigenvalue weighted by Crippen LogP contribution is -2.27. The fourth-order valence-electron chi connectivity index (χ4n) is 4.06. The molecule has 39 heavy (non-hydrogen) atoms. The molecule has 5 rings (SSSR count). The third-order valence-electron chi connectivity index (χ3n) is 5.66. The van der Waals surface area contributed by atoms with E-state index in [9.17, 15) is 8.76 Å². The van der Waals surface area contributed by atoms with Crippen molar-refractivity contribution in [2.45, 2.75) is 13.0 Å². The van der Waals surface area contributed by atoms with E-state index in [0.29, 0.717) is 46.7 Å². The minimum atomic E-state index is -2.65. The average molecular weight is 548 g/mol. The number of imidazole rings is 1. The Bertz CT molecular complexity index is 1610. The highest BCUT2D eigenvalue weighted by Gasteiger charge is 2.26. The molecule has 0 fully saturated rings. The van der Waals surface area contributed by atoms with E-state index in [4.69, 9.17) is 19.2 Å². The topological polar surface area (TPSA) is 162 Å². The normalized spacial score (nSPS) is 12.7. The first-order valence-corrected chi connectivity index (χ1v) is 12.8. The number of para-hydroxylation sites is 1. The second-order valence-electron chi connectivity index (χ2n) is 7.95. The van der Waals surface area contributed by atoms with Crippen molar-refractivity contribution in [3.8, 4) is 34.6 Å². The molecular formula is C25H23N8O5S-. The smallest absolute Gasteiger partial charge is 0.213 e. The van der Waals surface area contributed by atoms with Crippen LogP contribution in [0.5, 0.6) is 17.4 Å². The van der Waals surface area contributed by atoms with Crippen LogP contribution in [0.3, 0.4) is 0 Å². The van der Waals surface area contributed by atoms with Crippen molar-refractivity contribution >= 4 is 22.4 Å². The maximum Gasteiger partial charge on any atom is 0.213 e. The molecule has 1 aromatic carbocycles. The fourth-order valence-corrected chi connectivity index (χ4v) is 4.48. The molecular weight excluding hydrogens is 524 g/mol. The molecule has 0 aliphatic rings. The number of fused-ring (bicyclic) bond motifs is 1. The molecule has 0 spiro atoms. The second-order valence-corrected chi connectivity index (χ2v) is 8.65. The van der Waals surface area contributed by atoms with E-state index >= 15 is 0 Å². The molecule has 0 saturated heterocycles. The van der Waals surface area contributed by atoms with Crippen LogP contribution in [0.4, 0.5) is 0 Å². The summed E-state index contributed by atoms with van der Waals surface area (Å²) in [6, 6.07) is 13.0. The number of ether oxygens (including phenoxy) is 3. The van der Waals surface area contributed by atoms with E-state index in [2.05, 4.69) is 29.9 Å². The summed E-state index contributed by atoms with van der Waals surface area (Å²) < 4.78 is 44.5. The van der Waals surface area contributed by atoms with Gasteiger partial charge in [-0.05, 0) is 37.3 Å². The average Bonchev–Trinajstić information content (AvgIpc) is 3.34. The lowest BCUT2D eigenvalue weighted by atomic mass is 10.2. The number of hydrogen-bond donors (Lipinski definition) is 1. The largest absolute Gasteiger partial charge is 0.760 e. The molecule has 0 bridgehead atoms. The van der Waals surface area contributed by atoms with E-state index in [1.807, 2.05) is 13.0 Å². The molecule has 14 heteroatoms. The highest BCUT2D eigenvalue weighted by molar-refractivity contribution is 7.77. The molecule has 5 aromatic rings. The van der Waals surface area contributed by atoms with Gasteiger partial charge in [0.15, 0.2) is 11.6 Å². The molecule has 2 atom stereocenters. The van der Waals surface area contributed by atoms with E-state index in [1.165, 1.54) is 12.4 Å². The van der Waals surface area contributed by atoms with Gasteiger partial charge in [0.25, 0.3) is 0 Å². The van der Waals surface area contributed by atoms with Gasteiger partial charge in [-0.25, -0.2) is 24.7 Å². The van der Waals surface area contributed by atoms with Gasteiger partial charge in [0, 0.05) is 29.7 Å². The number of methoxy groups -OCH3 is 2. The van der Waals surface area contributed by atoms with Crippen LogP contribution in [0.1, 0.15) is 24.5 Å². The van der Waals surface area contributed by atoms with Crippen molar-refractivity contribution in [2.24, 2.45) is 0 Å². The van der Waals surface area contributed by atoms with Gasteiger partial charge < -0.3 is 18.8 Å². The van der Waals surface area contributed by atoms with E-state index in [-0.39, 0.29) is 17.2 Å². The van der Waals surface area contributed by atoms with Crippen LogP contribution in [-0.2, 0) is 11.3 Å². The van der Waals surface area contributed by atoms with Gasteiger partial charge in [-0.1, -0.05) is 12.1 Å². The first-order chi connectivity index (χ1) is 19.0. The zero-order chi connectivity index (χ0) is 27.4. The number of rotatable bonds is 10. The summed E-state index contributed by atoms with van der Waals surface area (Å²) >= 11 is -2.65. The van der Waals surface area contributed by atoms with Crippen LogP contribution >= 0.6 is 0 Å². The molecule has 13 nitrogen and oxygen atoms in total. The molecule has 4 heterocycles. The summed E-state index contributed by atoms with van der Waals surface area (Å²) in [4.78, 5) is 17.8. The number of nitrogens with zero attached hydrogens (tertiary/aromatic N) is 7. The van der Waals surface area contributed by atoms with Gasteiger partial charge in [-0.15, -0.1) is 5.10 Å². The van der Waals surface area contributed by atoms with Gasteiger partial charge in [0.1, 0.15) is 28.9 Å². The standard InChI is InChI=1S/C25H24N8O5S/c1-4-38-20-11-5-8-15(28-20)25-29-23-17(33(25)22-18(36-2)9-6-10-19(22)37-3)14-16(30-31-23)21(32-39(34)35)24-26-12-7-13-27-24/h5-14,21,32H,4H2,1-3H3,(H,34,35)/p-1. The lowest BCUT2D eigenvalue weighted by molar-refractivity contribution is 0.327. The molecule has 200 valence electrons. The molecule has 0 aliphatic heterocycles. The van der Waals surface area contributed by atoms with Crippen molar-refractivity contribution in [3.63, 3.8) is 0 Å². The quantitative estimate of drug-likeness (QED) is 0.256. The van der Waals surface area contributed by atoms with Crippen LogP contribution in [0.15, 0.2) is 60.9 Å². The monoisotopic (exact) mass is 547 g/mol. The number of aromatic nitrogens is 7. The lowest BCUT2D eigenvalue weighted by Gasteiger charge is -2.19. The van der Waals surface area contributed by atoms with Crippen LogP contribution in [0.25, 0.3) is 28.4 Å². The summed E-state index contributed by atoms with van der Waals surface area (Å²) in [6.07, 6.45) is 3.02. The zero-order valence-corrected chi connectivity index (χ0v) is 22.0. The van der Waals surface area contributed by atoms with E-state index in [1.54, 1.807) is 61.3 Å². The highest BCUT2D eigenvalue weighted by Crippen LogP contribution is 2.38. The van der Waals surface area contributed by atoms with Crippen LogP contribution in [0, 0.1) is 0 Å². The van der Waals surface area contributed by atoms with Gasteiger partial charge >= 0.3 is 0 Å². The Hall–Kier alpha value is -4.53. The molecule has 0 amide bonds. The third-order valence-corrected chi connectivity index (χ3v) is 6.09. The van der Waals surface area contributed by atoms with Crippen molar-refractivity contribution in [1.29, 1.82) is 0 Å². The Morgan fingerprint density at radius 1 is 1.00 bits per heavy atom. The SMILES string of the molecule is CCOc1cccc(-c2nc3nnc(C(NS(=O)[O-])c4ncccn4)cc3n2-c2c(OC)cccc2OC)n1. The third kappa shape index (κ3) is 5.25. The predicted octanol–water partition coefficient (Wildman–Crippen LogP) is 2.56.